The van der Waals surface area contributed by atoms with Gasteiger partial charge in [-0.1, -0.05) is 13.0 Å². The number of rotatable bonds is 7. The third-order valence-electron chi connectivity index (χ3n) is 4.36. The van der Waals surface area contributed by atoms with Crippen molar-refractivity contribution in [2.24, 2.45) is 4.99 Å². The third-order valence-corrected chi connectivity index (χ3v) is 5.16. The van der Waals surface area contributed by atoms with E-state index in [0.717, 1.165) is 9.99 Å². The highest BCUT2D eigenvalue weighted by Gasteiger charge is 2.27. The van der Waals surface area contributed by atoms with Gasteiger partial charge in [0, 0.05) is 17.2 Å². The molecule has 156 valence electrons. The fraction of sp³-hybridized carbons (Fsp3) is 0.238. The Morgan fingerprint density at radius 2 is 2.10 bits per heavy atom. The summed E-state index contributed by atoms with van der Waals surface area (Å²) in [4.78, 5) is 27.3. The van der Waals surface area contributed by atoms with E-state index < -0.39 is 10.9 Å². The van der Waals surface area contributed by atoms with Crippen LogP contribution in [0.3, 0.4) is 0 Å². The zero-order chi connectivity index (χ0) is 21.8. The van der Waals surface area contributed by atoms with Gasteiger partial charge in [-0.3, -0.25) is 10.1 Å². The maximum Gasteiger partial charge on any atom is 0.363 e. The Kier molecular flexibility index (Phi) is 6.70. The SMILES string of the molecule is CCCOc1c(I)cc(/C=C2\N=C(c3cccc([N+](=O)[O-])c3C)OC2=O)cc1OC. The Labute approximate surface area is 186 Å². The van der Waals surface area contributed by atoms with Crippen LogP contribution in [-0.4, -0.2) is 30.5 Å². The van der Waals surface area contributed by atoms with Crippen LogP contribution in [0.4, 0.5) is 5.69 Å². The number of esters is 1. The first kappa shape index (κ1) is 21.8. The highest BCUT2D eigenvalue weighted by atomic mass is 127. The lowest BCUT2D eigenvalue weighted by Gasteiger charge is -2.13. The molecule has 2 aromatic carbocycles. The van der Waals surface area contributed by atoms with E-state index in [9.17, 15) is 14.9 Å². The molecule has 0 unspecified atom stereocenters. The number of nitro benzene ring substituents is 1. The van der Waals surface area contributed by atoms with Gasteiger partial charge in [0.05, 0.1) is 22.2 Å². The van der Waals surface area contributed by atoms with Gasteiger partial charge in [-0.25, -0.2) is 9.79 Å². The molecule has 0 spiro atoms. The summed E-state index contributed by atoms with van der Waals surface area (Å²) in [6, 6.07) is 8.15. The van der Waals surface area contributed by atoms with Crippen LogP contribution >= 0.6 is 22.6 Å². The summed E-state index contributed by atoms with van der Waals surface area (Å²) in [7, 11) is 1.55. The monoisotopic (exact) mass is 522 g/mol. The van der Waals surface area contributed by atoms with Crippen molar-refractivity contribution < 1.29 is 23.9 Å². The highest BCUT2D eigenvalue weighted by molar-refractivity contribution is 14.1. The van der Waals surface area contributed by atoms with Crippen LogP contribution in [0.15, 0.2) is 41.0 Å². The summed E-state index contributed by atoms with van der Waals surface area (Å²) in [6.07, 6.45) is 2.45. The van der Waals surface area contributed by atoms with E-state index >= 15 is 0 Å². The minimum Gasteiger partial charge on any atom is -0.493 e. The molecule has 0 saturated heterocycles. The summed E-state index contributed by atoms with van der Waals surface area (Å²) in [5, 5.41) is 11.2. The maximum atomic E-state index is 12.3. The molecule has 0 aromatic heterocycles. The molecule has 3 rings (SSSR count). The number of carbonyl (C=O) groups excluding carboxylic acids is 1. The first-order valence-corrected chi connectivity index (χ1v) is 10.2. The van der Waals surface area contributed by atoms with Crippen molar-refractivity contribution in [2.75, 3.05) is 13.7 Å². The van der Waals surface area contributed by atoms with Crippen LogP contribution in [0.2, 0.25) is 0 Å². The van der Waals surface area contributed by atoms with Crippen LogP contribution in [0.5, 0.6) is 11.5 Å². The van der Waals surface area contributed by atoms with Crippen molar-refractivity contribution in [3.8, 4) is 11.5 Å². The number of benzene rings is 2. The first-order chi connectivity index (χ1) is 14.3. The zero-order valence-electron chi connectivity index (χ0n) is 16.6. The van der Waals surface area contributed by atoms with Crippen LogP contribution in [-0.2, 0) is 9.53 Å². The number of ether oxygens (including phenoxy) is 3. The van der Waals surface area contributed by atoms with Crippen LogP contribution < -0.4 is 9.47 Å². The lowest BCUT2D eigenvalue weighted by atomic mass is 10.1. The topological polar surface area (TPSA) is 100 Å². The summed E-state index contributed by atoms with van der Waals surface area (Å²) < 4.78 is 17.3. The fourth-order valence-electron chi connectivity index (χ4n) is 2.90. The second kappa shape index (κ2) is 9.24. The van der Waals surface area contributed by atoms with Gasteiger partial charge < -0.3 is 14.2 Å². The lowest BCUT2D eigenvalue weighted by molar-refractivity contribution is -0.385. The maximum absolute atomic E-state index is 12.3. The molecule has 0 bridgehead atoms. The number of aliphatic imine (C=N–C) groups is 1. The van der Waals surface area contributed by atoms with Crippen molar-refractivity contribution in [3.05, 3.63) is 66.4 Å². The minimum atomic E-state index is -0.629. The summed E-state index contributed by atoms with van der Waals surface area (Å²) in [6.45, 7) is 4.17. The minimum absolute atomic E-state index is 0.0389. The molecule has 0 radical (unpaired) electrons. The van der Waals surface area contributed by atoms with E-state index in [-0.39, 0.29) is 17.3 Å². The molecule has 1 heterocycles. The number of nitrogens with zero attached hydrogens (tertiary/aromatic N) is 2. The second-order valence-corrected chi connectivity index (χ2v) is 7.59. The molecule has 9 heteroatoms. The lowest BCUT2D eigenvalue weighted by Crippen LogP contribution is -2.08. The van der Waals surface area contributed by atoms with Gasteiger partial charge in [-0.2, -0.15) is 0 Å². The van der Waals surface area contributed by atoms with E-state index in [0.29, 0.717) is 34.8 Å². The van der Waals surface area contributed by atoms with E-state index in [1.54, 1.807) is 32.2 Å². The zero-order valence-corrected chi connectivity index (χ0v) is 18.8. The number of methoxy groups -OCH3 is 1. The Balaban J connectivity index is 1.98. The molecule has 0 amide bonds. The van der Waals surface area contributed by atoms with Crippen molar-refractivity contribution in [1.82, 2.24) is 0 Å². The van der Waals surface area contributed by atoms with E-state index in [2.05, 4.69) is 27.6 Å². The van der Waals surface area contributed by atoms with E-state index in [4.69, 9.17) is 14.2 Å². The molecule has 0 saturated carbocycles. The van der Waals surface area contributed by atoms with Gasteiger partial charge in [0.1, 0.15) is 0 Å². The van der Waals surface area contributed by atoms with Crippen LogP contribution in [0, 0.1) is 20.6 Å². The summed E-state index contributed by atoms with van der Waals surface area (Å²) in [5.74, 6) is 0.605. The van der Waals surface area contributed by atoms with Gasteiger partial charge in [0.25, 0.3) is 5.69 Å². The molecular weight excluding hydrogens is 503 g/mol. The Hall–Kier alpha value is -2.95. The Bertz CT molecular complexity index is 1080. The van der Waals surface area contributed by atoms with Gasteiger partial charge in [0.15, 0.2) is 17.2 Å². The van der Waals surface area contributed by atoms with Gasteiger partial charge >= 0.3 is 5.97 Å². The molecule has 0 N–H and O–H groups in total. The van der Waals surface area contributed by atoms with E-state index in [1.807, 2.05) is 13.0 Å². The van der Waals surface area contributed by atoms with E-state index in [1.165, 1.54) is 12.1 Å². The molecule has 8 nitrogen and oxygen atoms in total. The Morgan fingerprint density at radius 3 is 2.77 bits per heavy atom. The molecular formula is C21H19IN2O6. The quantitative estimate of drug-likeness (QED) is 0.173. The number of hydrogen-bond donors (Lipinski definition) is 0. The third kappa shape index (κ3) is 4.45. The standard InChI is InChI=1S/C21H19IN2O6/c1-4-8-29-19-15(22)9-13(11-18(19)28-3)10-16-21(25)30-20(23-16)14-6-5-7-17(12(14)2)24(26)27/h5-7,9-11H,4,8H2,1-3H3/b16-10-. The average Bonchev–Trinajstić information content (AvgIpc) is 3.06. The second-order valence-electron chi connectivity index (χ2n) is 6.43. The highest BCUT2D eigenvalue weighted by Crippen LogP contribution is 2.35. The largest absolute Gasteiger partial charge is 0.493 e. The first-order valence-electron chi connectivity index (χ1n) is 9.13. The summed E-state index contributed by atoms with van der Waals surface area (Å²) in [5.41, 5.74) is 1.50. The summed E-state index contributed by atoms with van der Waals surface area (Å²) >= 11 is 2.14. The van der Waals surface area contributed by atoms with Crippen LogP contribution in [0.25, 0.3) is 6.08 Å². The van der Waals surface area contributed by atoms with Gasteiger partial charge in [0.2, 0.25) is 5.90 Å². The molecule has 1 aliphatic heterocycles. The van der Waals surface area contributed by atoms with Crippen molar-refractivity contribution in [2.45, 2.75) is 20.3 Å². The van der Waals surface area contributed by atoms with Crippen molar-refractivity contribution in [3.63, 3.8) is 0 Å². The van der Waals surface area contributed by atoms with Gasteiger partial charge in [-0.15, -0.1) is 0 Å². The Morgan fingerprint density at radius 1 is 1.33 bits per heavy atom. The van der Waals surface area contributed by atoms with Gasteiger partial charge in [-0.05, 0) is 65.8 Å². The molecule has 2 aromatic rings. The molecule has 30 heavy (non-hydrogen) atoms. The number of cyclic esters (lactones) is 1. The normalized spacial score (nSPS) is 14.5. The van der Waals surface area contributed by atoms with Crippen molar-refractivity contribution >= 4 is 46.2 Å². The molecule has 0 fully saturated rings. The van der Waals surface area contributed by atoms with Crippen LogP contribution in [0.1, 0.15) is 30.0 Å². The molecule has 0 atom stereocenters. The fourth-order valence-corrected chi connectivity index (χ4v) is 3.68. The predicted octanol–water partition coefficient (Wildman–Crippen LogP) is 4.65. The predicted molar refractivity (Wildman–Crippen MR) is 120 cm³/mol. The molecule has 1 aliphatic rings. The number of halogens is 1. The number of nitro groups is 1. The van der Waals surface area contributed by atoms with Crippen molar-refractivity contribution in [1.29, 1.82) is 0 Å². The smallest absolute Gasteiger partial charge is 0.363 e. The number of carbonyl (C=O) groups is 1. The average molecular weight is 522 g/mol. The number of hydrogen-bond acceptors (Lipinski definition) is 7. The molecule has 0 aliphatic carbocycles.